The van der Waals surface area contributed by atoms with Gasteiger partial charge in [0.05, 0.1) is 34.0 Å². The van der Waals surface area contributed by atoms with Crippen molar-refractivity contribution in [2.75, 3.05) is 9.80 Å². The van der Waals surface area contributed by atoms with Crippen molar-refractivity contribution in [1.82, 2.24) is 14.5 Å². The van der Waals surface area contributed by atoms with E-state index in [1.54, 1.807) is 0 Å². The van der Waals surface area contributed by atoms with Gasteiger partial charge in [-0.3, -0.25) is 9.47 Å². The van der Waals surface area contributed by atoms with Gasteiger partial charge >= 0.3 is 0 Å². The number of fused-ring (bicyclic) bond motifs is 11. The minimum atomic E-state index is -0.248. The molecule has 3 aromatic heterocycles. The lowest BCUT2D eigenvalue weighted by atomic mass is 9.67. The van der Waals surface area contributed by atoms with Crippen LogP contribution in [0.5, 0.6) is 0 Å². The fraction of sp³-hybridized carbons (Fsp3) is 0.231. The molecule has 0 amide bonds. The van der Waals surface area contributed by atoms with Gasteiger partial charge in [0.2, 0.25) is 0 Å². The Morgan fingerprint density at radius 1 is 0.404 bits per heavy atom. The van der Waals surface area contributed by atoms with Crippen LogP contribution in [-0.2, 0) is 21.7 Å². The Balaban J connectivity index is 1.16. The summed E-state index contributed by atoms with van der Waals surface area (Å²) in [6, 6.07) is 43.5. The Bertz CT molecular complexity index is 3090. The maximum atomic E-state index is 5.14. The van der Waals surface area contributed by atoms with Crippen LogP contribution in [-0.4, -0.2) is 14.5 Å². The van der Waals surface area contributed by atoms with Gasteiger partial charge in [-0.1, -0.05) is 122 Å². The number of nitrogens with zero attached hydrogens (tertiary/aromatic N) is 5. The summed E-state index contributed by atoms with van der Waals surface area (Å²) < 4.78 is 2.44. The third-order valence-electron chi connectivity index (χ3n) is 14.4. The molecule has 0 aliphatic carbocycles. The van der Waals surface area contributed by atoms with Crippen LogP contribution in [0.1, 0.15) is 99.9 Å². The Morgan fingerprint density at radius 2 is 0.982 bits per heavy atom. The van der Waals surface area contributed by atoms with Crippen LogP contribution in [0.3, 0.4) is 0 Å². The van der Waals surface area contributed by atoms with E-state index in [9.17, 15) is 0 Å². The van der Waals surface area contributed by atoms with Gasteiger partial charge in [0, 0.05) is 56.1 Å². The first-order valence-electron chi connectivity index (χ1n) is 20.3. The molecule has 57 heavy (non-hydrogen) atoms. The molecule has 0 unspecified atom stereocenters. The van der Waals surface area contributed by atoms with Crippen LogP contribution < -0.4 is 9.80 Å². The number of para-hydroxylation sites is 3. The van der Waals surface area contributed by atoms with Crippen molar-refractivity contribution in [1.29, 1.82) is 0 Å². The number of hydrogen-bond acceptors (Lipinski definition) is 4. The van der Waals surface area contributed by atoms with Crippen molar-refractivity contribution in [3.8, 4) is 5.69 Å². The number of benzene rings is 5. The molecule has 0 radical (unpaired) electrons. The monoisotopic (exact) mass is 739 g/mol. The SMILES string of the molecule is CC1(C)c2ccccc2N(c2ccc3c(c2)N2c4ncccc4C(C)(C)c4cccc(c42)C3(C)C)c2cc3c(cc21)C(C)(C)c1cccc2c4cccnc4n-3c12. The Labute approximate surface area is 334 Å². The lowest BCUT2D eigenvalue weighted by Crippen LogP contribution is -2.38. The first-order valence-corrected chi connectivity index (χ1v) is 20.3. The van der Waals surface area contributed by atoms with Crippen LogP contribution in [0.25, 0.3) is 27.6 Å². The van der Waals surface area contributed by atoms with Crippen LogP contribution in [0.15, 0.2) is 128 Å². The molecule has 4 aliphatic rings. The molecular weight excluding hydrogens is 695 g/mol. The fourth-order valence-electron chi connectivity index (χ4n) is 11.3. The molecule has 12 rings (SSSR count). The summed E-state index contributed by atoms with van der Waals surface area (Å²) in [6.07, 6.45) is 3.88. The van der Waals surface area contributed by atoms with Crippen LogP contribution in [0, 0.1) is 0 Å². The van der Waals surface area contributed by atoms with Crippen molar-refractivity contribution in [2.24, 2.45) is 0 Å². The molecular formula is C52H45N5. The maximum absolute atomic E-state index is 5.14. The quantitative estimate of drug-likeness (QED) is 0.168. The fourth-order valence-corrected chi connectivity index (χ4v) is 11.3. The smallest absolute Gasteiger partial charge is 0.145 e. The standard InChI is InChI=1S/C52H45N5/c1-49(2)34-24-23-30(27-42(34)57-46-36(49)19-12-20-37(46)51(5,6)38-21-14-26-54-48(38)57)55-41-22-10-9-17-33(41)50(3,4)39-28-40-44(29-43(39)55)56-45-31(32-16-13-25-53-47(32)56)15-11-18-35(45)52(40,7)8/h9-29H,1-8H3. The summed E-state index contributed by atoms with van der Waals surface area (Å²) in [5.41, 5.74) is 19.1. The molecule has 4 aliphatic heterocycles. The number of pyridine rings is 2. The average molecular weight is 740 g/mol. The van der Waals surface area contributed by atoms with Gasteiger partial charge in [-0.15, -0.1) is 0 Å². The predicted molar refractivity (Wildman–Crippen MR) is 234 cm³/mol. The normalized spacial score (nSPS) is 18.0. The first kappa shape index (κ1) is 33.0. The molecule has 0 N–H and O–H groups in total. The maximum Gasteiger partial charge on any atom is 0.145 e. The second-order valence-corrected chi connectivity index (χ2v) is 18.8. The Morgan fingerprint density at radius 3 is 1.81 bits per heavy atom. The van der Waals surface area contributed by atoms with E-state index in [0.29, 0.717) is 0 Å². The van der Waals surface area contributed by atoms with E-state index >= 15 is 0 Å². The van der Waals surface area contributed by atoms with Gasteiger partial charge in [-0.05, 0) is 87.5 Å². The van der Waals surface area contributed by atoms with E-state index in [1.807, 2.05) is 12.4 Å². The van der Waals surface area contributed by atoms with E-state index < -0.39 is 0 Å². The molecule has 0 atom stereocenters. The summed E-state index contributed by atoms with van der Waals surface area (Å²) in [5, 5.41) is 2.44. The van der Waals surface area contributed by atoms with Gasteiger partial charge in [-0.25, -0.2) is 9.97 Å². The molecule has 0 bridgehead atoms. The molecule has 278 valence electrons. The second kappa shape index (κ2) is 10.4. The molecule has 0 saturated carbocycles. The van der Waals surface area contributed by atoms with Gasteiger partial charge in [0.25, 0.3) is 0 Å². The Kier molecular flexibility index (Phi) is 6.02. The van der Waals surface area contributed by atoms with Crippen LogP contribution in [0.4, 0.5) is 34.3 Å². The van der Waals surface area contributed by atoms with E-state index in [2.05, 4.69) is 185 Å². The van der Waals surface area contributed by atoms with E-state index in [1.165, 1.54) is 89.2 Å². The number of aromatic nitrogens is 3. The van der Waals surface area contributed by atoms with Crippen molar-refractivity contribution >= 4 is 56.2 Å². The number of anilines is 6. The summed E-state index contributed by atoms with van der Waals surface area (Å²) >= 11 is 0. The van der Waals surface area contributed by atoms with Crippen molar-refractivity contribution in [3.05, 3.63) is 172 Å². The zero-order valence-electron chi connectivity index (χ0n) is 33.9. The van der Waals surface area contributed by atoms with Crippen LogP contribution in [0.2, 0.25) is 0 Å². The van der Waals surface area contributed by atoms with Crippen LogP contribution >= 0.6 is 0 Å². The zero-order valence-corrected chi connectivity index (χ0v) is 33.9. The average Bonchev–Trinajstić information content (AvgIpc) is 3.54. The third kappa shape index (κ3) is 3.86. The first-order chi connectivity index (χ1) is 27.3. The third-order valence-corrected chi connectivity index (χ3v) is 14.4. The Hall–Kier alpha value is -6.20. The van der Waals surface area contributed by atoms with E-state index in [0.717, 1.165) is 17.2 Å². The zero-order chi connectivity index (χ0) is 39.0. The van der Waals surface area contributed by atoms with Crippen molar-refractivity contribution in [2.45, 2.75) is 77.0 Å². The van der Waals surface area contributed by atoms with E-state index in [4.69, 9.17) is 9.97 Å². The van der Waals surface area contributed by atoms with Gasteiger partial charge in [0.15, 0.2) is 0 Å². The summed E-state index contributed by atoms with van der Waals surface area (Å²) in [5.74, 6) is 1.02. The lowest BCUT2D eigenvalue weighted by molar-refractivity contribution is 0.594. The van der Waals surface area contributed by atoms with Crippen molar-refractivity contribution in [3.63, 3.8) is 0 Å². The van der Waals surface area contributed by atoms with Gasteiger partial charge < -0.3 is 4.90 Å². The largest absolute Gasteiger partial charge is 0.310 e. The number of hydrogen-bond donors (Lipinski definition) is 0. The molecule has 0 spiro atoms. The lowest BCUT2D eigenvalue weighted by Gasteiger charge is -2.49. The van der Waals surface area contributed by atoms with E-state index in [-0.39, 0.29) is 21.7 Å². The minimum absolute atomic E-state index is 0.193. The highest BCUT2D eigenvalue weighted by Gasteiger charge is 2.47. The topological polar surface area (TPSA) is 37.2 Å². The predicted octanol–water partition coefficient (Wildman–Crippen LogP) is 13.1. The highest BCUT2D eigenvalue weighted by atomic mass is 15.2. The summed E-state index contributed by atoms with van der Waals surface area (Å²) in [4.78, 5) is 15.2. The molecule has 0 fully saturated rings. The highest BCUT2D eigenvalue weighted by Crippen LogP contribution is 2.61. The summed E-state index contributed by atoms with van der Waals surface area (Å²) in [7, 11) is 0. The highest BCUT2D eigenvalue weighted by molar-refractivity contribution is 6.10. The summed E-state index contributed by atoms with van der Waals surface area (Å²) in [6.45, 7) is 19.0. The van der Waals surface area contributed by atoms with Crippen molar-refractivity contribution < 1.29 is 0 Å². The number of rotatable bonds is 1. The van der Waals surface area contributed by atoms with Gasteiger partial charge in [-0.2, -0.15) is 0 Å². The molecule has 8 aromatic rings. The second-order valence-electron chi connectivity index (χ2n) is 18.8. The molecule has 5 aromatic carbocycles. The molecule has 5 heteroatoms. The van der Waals surface area contributed by atoms with Gasteiger partial charge in [0.1, 0.15) is 11.5 Å². The minimum Gasteiger partial charge on any atom is -0.310 e. The molecule has 5 nitrogen and oxygen atoms in total. The molecule has 7 heterocycles. The molecule has 0 saturated heterocycles.